The molecule has 94 valence electrons. The summed E-state index contributed by atoms with van der Waals surface area (Å²) in [5, 5.41) is 1.04. The van der Waals surface area contributed by atoms with Gasteiger partial charge >= 0.3 is 0 Å². The zero-order valence-electron chi connectivity index (χ0n) is 10.3. The summed E-state index contributed by atoms with van der Waals surface area (Å²) in [6.45, 7) is 0.495. The van der Waals surface area contributed by atoms with E-state index in [9.17, 15) is 4.79 Å². The number of aromatic nitrogens is 1. The highest BCUT2D eigenvalue weighted by molar-refractivity contribution is 5.83. The first-order chi connectivity index (χ1) is 8.61. The van der Waals surface area contributed by atoms with Gasteiger partial charge in [0.05, 0.1) is 12.1 Å². The van der Waals surface area contributed by atoms with E-state index in [0.29, 0.717) is 12.4 Å². The lowest BCUT2D eigenvalue weighted by Crippen LogP contribution is -2.32. The molecule has 18 heavy (non-hydrogen) atoms. The van der Waals surface area contributed by atoms with E-state index in [2.05, 4.69) is 4.98 Å². The third-order valence-electron chi connectivity index (χ3n) is 2.75. The summed E-state index contributed by atoms with van der Waals surface area (Å²) in [4.78, 5) is 17.2. The standard InChI is InChI=1S/C13H16N4O/c1-17(8-12(15)18)13-10(7-14)6-9-4-2-3-5-11(9)16-13/h2-6H,7-8,14H2,1H3,(H2,15,18). The minimum Gasteiger partial charge on any atom is -0.368 e. The van der Waals surface area contributed by atoms with Gasteiger partial charge in [0.2, 0.25) is 5.91 Å². The average molecular weight is 244 g/mol. The molecule has 2 rings (SSSR count). The van der Waals surface area contributed by atoms with Crippen molar-refractivity contribution in [2.75, 3.05) is 18.5 Å². The number of nitrogens with two attached hydrogens (primary N) is 2. The van der Waals surface area contributed by atoms with Crippen molar-refractivity contribution in [3.8, 4) is 0 Å². The van der Waals surface area contributed by atoms with E-state index in [4.69, 9.17) is 11.5 Å². The zero-order valence-corrected chi connectivity index (χ0v) is 10.3. The summed E-state index contributed by atoms with van der Waals surface area (Å²) >= 11 is 0. The molecule has 0 saturated heterocycles. The Hall–Kier alpha value is -2.14. The monoisotopic (exact) mass is 244 g/mol. The Morgan fingerprint density at radius 2 is 2.11 bits per heavy atom. The van der Waals surface area contributed by atoms with Crippen LogP contribution in [0.2, 0.25) is 0 Å². The molecule has 1 aromatic carbocycles. The van der Waals surface area contributed by atoms with Gasteiger partial charge in [-0.25, -0.2) is 4.98 Å². The van der Waals surface area contributed by atoms with Gasteiger partial charge in [0.15, 0.2) is 0 Å². The van der Waals surface area contributed by atoms with Gasteiger partial charge < -0.3 is 16.4 Å². The van der Waals surface area contributed by atoms with Crippen molar-refractivity contribution >= 4 is 22.6 Å². The van der Waals surface area contributed by atoms with Crippen LogP contribution in [0.4, 0.5) is 5.82 Å². The van der Waals surface area contributed by atoms with Crippen LogP contribution in [0.15, 0.2) is 30.3 Å². The van der Waals surface area contributed by atoms with E-state index >= 15 is 0 Å². The van der Waals surface area contributed by atoms with Gasteiger partial charge in [-0.05, 0) is 12.1 Å². The van der Waals surface area contributed by atoms with E-state index < -0.39 is 5.91 Å². The highest BCUT2D eigenvalue weighted by Crippen LogP contribution is 2.22. The molecule has 0 unspecified atom stereocenters. The first kappa shape index (κ1) is 12.3. The Balaban J connectivity index is 2.50. The number of anilines is 1. The zero-order chi connectivity index (χ0) is 13.1. The minimum atomic E-state index is -0.393. The second-order valence-corrected chi connectivity index (χ2v) is 4.19. The summed E-state index contributed by atoms with van der Waals surface area (Å²) in [5.41, 5.74) is 12.7. The second-order valence-electron chi connectivity index (χ2n) is 4.19. The fourth-order valence-corrected chi connectivity index (χ4v) is 1.94. The third-order valence-corrected chi connectivity index (χ3v) is 2.75. The molecule has 0 atom stereocenters. The van der Waals surface area contributed by atoms with Crippen molar-refractivity contribution in [2.45, 2.75) is 6.54 Å². The van der Waals surface area contributed by atoms with Gasteiger partial charge in [-0.15, -0.1) is 0 Å². The summed E-state index contributed by atoms with van der Waals surface area (Å²) < 4.78 is 0. The quantitative estimate of drug-likeness (QED) is 0.825. The molecule has 4 N–H and O–H groups in total. The van der Waals surface area contributed by atoms with Gasteiger partial charge in [-0.2, -0.15) is 0 Å². The molecule has 0 spiro atoms. The summed E-state index contributed by atoms with van der Waals surface area (Å²) in [6, 6.07) is 9.79. The van der Waals surface area contributed by atoms with E-state index in [-0.39, 0.29) is 6.54 Å². The van der Waals surface area contributed by atoms with Crippen molar-refractivity contribution in [3.63, 3.8) is 0 Å². The molecule has 0 saturated carbocycles. The summed E-state index contributed by atoms with van der Waals surface area (Å²) in [6.07, 6.45) is 0. The van der Waals surface area contributed by atoms with Crippen LogP contribution < -0.4 is 16.4 Å². The topological polar surface area (TPSA) is 85.2 Å². The van der Waals surface area contributed by atoms with Crippen LogP contribution in [0.3, 0.4) is 0 Å². The van der Waals surface area contributed by atoms with Crippen LogP contribution in [0, 0.1) is 0 Å². The fraction of sp³-hybridized carbons (Fsp3) is 0.231. The number of pyridine rings is 1. The lowest BCUT2D eigenvalue weighted by Gasteiger charge is -2.19. The van der Waals surface area contributed by atoms with E-state index in [1.165, 1.54) is 0 Å². The van der Waals surface area contributed by atoms with Gasteiger partial charge in [0.1, 0.15) is 5.82 Å². The number of amides is 1. The Morgan fingerprint density at radius 3 is 2.78 bits per heavy atom. The van der Waals surface area contributed by atoms with Crippen LogP contribution in [0.1, 0.15) is 5.56 Å². The maximum Gasteiger partial charge on any atom is 0.236 e. The number of primary amides is 1. The molecule has 1 amide bonds. The number of benzene rings is 1. The van der Waals surface area contributed by atoms with E-state index in [1.54, 1.807) is 11.9 Å². The Morgan fingerprint density at radius 1 is 1.39 bits per heavy atom. The van der Waals surface area contributed by atoms with Crippen LogP contribution in [0.5, 0.6) is 0 Å². The number of carbonyl (C=O) groups is 1. The smallest absolute Gasteiger partial charge is 0.236 e. The normalized spacial score (nSPS) is 10.6. The van der Waals surface area contributed by atoms with E-state index in [1.807, 2.05) is 30.3 Å². The maximum atomic E-state index is 11.0. The summed E-state index contributed by atoms with van der Waals surface area (Å²) in [7, 11) is 1.78. The van der Waals surface area contributed by atoms with Crippen LogP contribution in [0.25, 0.3) is 10.9 Å². The van der Waals surface area contributed by atoms with Crippen LogP contribution in [-0.2, 0) is 11.3 Å². The fourth-order valence-electron chi connectivity index (χ4n) is 1.94. The molecule has 0 bridgehead atoms. The molecule has 5 nitrogen and oxygen atoms in total. The Bertz CT molecular complexity index is 582. The van der Waals surface area contributed by atoms with Gasteiger partial charge in [-0.3, -0.25) is 4.79 Å². The molecule has 1 heterocycles. The lowest BCUT2D eigenvalue weighted by atomic mass is 10.1. The molecular formula is C13H16N4O. The van der Waals surface area contributed by atoms with Crippen molar-refractivity contribution in [1.82, 2.24) is 4.98 Å². The lowest BCUT2D eigenvalue weighted by molar-refractivity contribution is -0.116. The number of para-hydroxylation sites is 1. The van der Waals surface area contributed by atoms with Crippen molar-refractivity contribution in [1.29, 1.82) is 0 Å². The molecule has 2 aromatic rings. The second kappa shape index (κ2) is 5.01. The van der Waals surface area contributed by atoms with E-state index in [0.717, 1.165) is 16.5 Å². The SMILES string of the molecule is CN(CC(N)=O)c1nc2ccccc2cc1CN. The Kier molecular flexibility index (Phi) is 3.43. The molecule has 5 heteroatoms. The first-order valence-corrected chi connectivity index (χ1v) is 5.70. The highest BCUT2D eigenvalue weighted by atomic mass is 16.1. The van der Waals surface area contributed by atoms with Gasteiger partial charge in [0.25, 0.3) is 0 Å². The predicted octanol–water partition coefficient (Wildman–Crippen LogP) is 0.615. The number of rotatable bonds is 4. The minimum absolute atomic E-state index is 0.123. The number of fused-ring (bicyclic) bond motifs is 1. The number of nitrogens with zero attached hydrogens (tertiary/aromatic N) is 2. The van der Waals surface area contributed by atoms with Gasteiger partial charge in [-0.1, -0.05) is 18.2 Å². The van der Waals surface area contributed by atoms with Crippen LogP contribution >= 0.6 is 0 Å². The highest BCUT2D eigenvalue weighted by Gasteiger charge is 2.11. The van der Waals surface area contributed by atoms with Crippen molar-refractivity contribution < 1.29 is 4.79 Å². The number of likely N-dealkylation sites (N-methyl/N-ethyl adjacent to an activating group) is 1. The molecule has 0 radical (unpaired) electrons. The molecule has 0 fully saturated rings. The van der Waals surface area contributed by atoms with Crippen molar-refractivity contribution in [3.05, 3.63) is 35.9 Å². The maximum absolute atomic E-state index is 11.0. The van der Waals surface area contributed by atoms with Crippen molar-refractivity contribution in [2.24, 2.45) is 11.5 Å². The number of hydrogen-bond acceptors (Lipinski definition) is 4. The largest absolute Gasteiger partial charge is 0.368 e. The molecule has 0 aliphatic heterocycles. The molecular weight excluding hydrogens is 228 g/mol. The molecule has 0 aliphatic rings. The predicted molar refractivity (Wildman–Crippen MR) is 72.1 cm³/mol. The molecule has 1 aromatic heterocycles. The number of hydrogen-bond donors (Lipinski definition) is 2. The average Bonchev–Trinajstić information content (AvgIpc) is 2.36. The number of carbonyl (C=O) groups excluding carboxylic acids is 1. The third kappa shape index (κ3) is 2.41. The summed E-state index contributed by atoms with van der Waals surface area (Å²) in [5.74, 6) is 0.311. The molecule has 0 aliphatic carbocycles. The van der Waals surface area contributed by atoms with Crippen LogP contribution in [-0.4, -0.2) is 24.5 Å². The van der Waals surface area contributed by atoms with Gasteiger partial charge in [0, 0.05) is 24.5 Å². The first-order valence-electron chi connectivity index (χ1n) is 5.70. The Labute approximate surface area is 105 Å².